The third kappa shape index (κ3) is 3.50. The molecular formula is C22H21N3O4S. The zero-order valence-corrected chi connectivity index (χ0v) is 17.7. The molecule has 2 heterocycles. The number of anilines is 1. The van der Waals surface area contributed by atoms with Crippen molar-refractivity contribution in [1.29, 1.82) is 0 Å². The molecule has 2 aromatic carbocycles. The van der Waals surface area contributed by atoms with Gasteiger partial charge in [0.25, 0.3) is 5.91 Å². The van der Waals surface area contributed by atoms with Gasteiger partial charge in [-0.25, -0.2) is 9.78 Å². The molecule has 1 atom stereocenters. The number of imide groups is 1. The number of thiazole rings is 1. The van der Waals surface area contributed by atoms with Crippen LogP contribution in [0.15, 0.2) is 53.9 Å². The molecule has 0 aliphatic carbocycles. The average molecular weight is 423 g/mol. The fraction of sp³-hybridized carbons (Fsp3) is 0.227. The lowest BCUT2D eigenvalue weighted by Crippen LogP contribution is -2.33. The Bertz CT molecular complexity index is 1080. The highest BCUT2D eigenvalue weighted by molar-refractivity contribution is 7.13. The molecule has 1 fully saturated rings. The van der Waals surface area contributed by atoms with Gasteiger partial charge in [-0.05, 0) is 37.3 Å². The van der Waals surface area contributed by atoms with E-state index in [4.69, 9.17) is 9.47 Å². The van der Waals surface area contributed by atoms with Gasteiger partial charge in [-0.2, -0.15) is 0 Å². The van der Waals surface area contributed by atoms with Gasteiger partial charge in [0, 0.05) is 16.6 Å². The second-order valence-corrected chi connectivity index (χ2v) is 7.66. The van der Waals surface area contributed by atoms with Crippen LogP contribution in [0.1, 0.15) is 12.6 Å². The van der Waals surface area contributed by atoms with E-state index in [-0.39, 0.29) is 18.5 Å². The largest absolute Gasteiger partial charge is 0.493 e. The van der Waals surface area contributed by atoms with E-state index in [1.807, 2.05) is 53.9 Å². The highest BCUT2D eigenvalue weighted by Gasteiger charge is 2.43. The molecule has 1 aliphatic heterocycles. The minimum atomic E-state index is -0.552. The van der Waals surface area contributed by atoms with E-state index in [2.05, 4.69) is 4.98 Å². The molecule has 1 aromatic heterocycles. The SMILES string of the molecule is COc1ccc(-c2nc(CN3C(=O)C(C)N(c4ccccc4)C3=O)cs2)cc1OC. The summed E-state index contributed by atoms with van der Waals surface area (Å²) in [6.45, 7) is 1.87. The van der Waals surface area contributed by atoms with Crippen molar-refractivity contribution in [2.45, 2.75) is 19.5 Å². The summed E-state index contributed by atoms with van der Waals surface area (Å²) in [5, 5.41) is 2.64. The number of ether oxygens (including phenoxy) is 2. The molecule has 0 N–H and O–H groups in total. The minimum absolute atomic E-state index is 0.134. The summed E-state index contributed by atoms with van der Waals surface area (Å²) >= 11 is 1.45. The first-order valence-corrected chi connectivity index (χ1v) is 10.3. The van der Waals surface area contributed by atoms with Crippen molar-refractivity contribution in [3.05, 3.63) is 59.6 Å². The maximum Gasteiger partial charge on any atom is 0.332 e. The van der Waals surface area contributed by atoms with Crippen molar-refractivity contribution >= 4 is 29.0 Å². The molecule has 0 spiro atoms. The van der Waals surface area contributed by atoms with E-state index in [1.54, 1.807) is 21.1 Å². The van der Waals surface area contributed by atoms with Gasteiger partial charge in [-0.15, -0.1) is 11.3 Å². The number of carbonyl (C=O) groups is 2. The Balaban J connectivity index is 1.55. The van der Waals surface area contributed by atoms with E-state index >= 15 is 0 Å². The number of aromatic nitrogens is 1. The van der Waals surface area contributed by atoms with Crippen LogP contribution in [0.2, 0.25) is 0 Å². The highest BCUT2D eigenvalue weighted by Crippen LogP contribution is 2.34. The molecule has 3 aromatic rings. The molecule has 3 amide bonds. The van der Waals surface area contributed by atoms with Crippen LogP contribution < -0.4 is 14.4 Å². The first-order valence-electron chi connectivity index (χ1n) is 9.40. The molecule has 0 bridgehead atoms. The Kier molecular flexibility index (Phi) is 5.41. The first-order chi connectivity index (χ1) is 14.5. The van der Waals surface area contributed by atoms with Crippen LogP contribution in [0.25, 0.3) is 10.6 Å². The molecule has 1 unspecified atom stereocenters. The lowest BCUT2D eigenvalue weighted by atomic mass is 10.2. The maximum atomic E-state index is 12.9. The number of hydrogen-bond acceptors (Lipinski definition) is 6. The molecule has 1 aliphatic rings. The second kappa shape index (κ2) is 8.16. The van der Waals surface area contributed by atoms with E-state index in [9.17, 15) is 9.59 Å². The molecule has 8 heteroatoms. The van der Waals surface area contributed by atoms with Gasteiger partial charge in [0.15, 0.2) is 11.5 Å². The van der Waals surface area contributed by atoms with Crippen molar-refractivity contribution < 1.29 is 19.1 Å². The van der Waals surface area contributed by atoms with Crippen LogP contribution >= 0.6 is 11.3 Å². The van der Waals surface area contributed by atoms with E-state index in [1.165, 1.54) is 21.1 Å². The van der Waals surface area contributed by atoms with Crippen LogP contribution in [0, 0.1) is 0 Å². The minimum Gasteiger partial charge on any atom is -0.493 e. The number of amides is 3. The molecule has 7 nitrogen and oxygen atoms in total. The van der Waals surface area contributed by atoms with Crippen molar-refractivity contribution in [3.63, 3.8) is 0 Å². The predicted molar refractivity (Wildman–Crippen MR) is 115 cm³/mol. The van der Waals surface area contributed by atoms with Gasteiger partial charge in [0.2, 0.25) is 0 Å². The molecule has 0 saturated carbocycles. The number of urea groups is 1. The Hall–Kier alpha value is -3.39. The van der Waals surface area contributed by atoms with Crippen molar-refractivity contribution in [2.75, 3.05) is 19.1 Å². The smallest absolute Gasteiger partial charge is 0.332 e. The summed E-state index contributed by atoms with van der Waals surface area (Å²) < 4.78 is 10.6. The first kappa shape index (κ1) is 19.9. The number of benzene rings is 2. The van der Waals surface area contributed by atoms with Crippen LogP contribution in [0.3, 0.4) is 0 Å². The molecule has 154 valence electrons. The molecule has 1 saturated heterocycles. The topological polar surface area (TPSA) is 72.0 Å². The Morgan fingerprint density at radius 3 is 2.47 bits per heavy atom. The Morgan fingerprint density at radius 1 is 1.03 bits per heavy atom. The van der Waals surface area contributed by atoms with E-state index in [0.29, 0.717) is 22.9 Å². The fourth-order valence-corrected chi connectivity index (χ4v) is 4.25. The number of rotatable bonds is 6. The van der Waals surface area contributed by atoms with E-state index < -0.39 is 6.04 Å². The van der Waals surface area contributed by atoms with Gasteiger partial charge in [-0.1, -0.05) is 18.2 Å². The van der Waals surface area contributed by atoms with Crippen molar-refractivity contribution in [3.8, 4) is 22.1 Å². The summed E-state index contributed by atoms with van der Waals surface area (Å²) in [6, 6.07) is 13.9. The third-order valence-corrected chi connectivity index (χ3v) is 5.92. The number of carbonyl (C=O) groups excluding carboxylic acids is 2. The van der Waals surface area contributed by atoms with Crippen molar-refractivity contribution in [1.82, 2.24) is 9.88 Å². The fourth-order valence-electron chi connectivity index (χ4n) is 3.44. The maximum absolute atomic E-state index is 12.9. The Morgan fingerprint density at radius 2 is 1.77 bits per heavy atom. The van der Waals surface area contributed by atoms with Crippen LogP contribution in [-0.2, 0) is 11.3 Å². The monoisotopic (exact) mass is 423 g/mol. The number of nitrogens with zero attached hydrogens (tertiary/aromatic N) is 3. The van der Waals surface area contributed by atoms with Gasteiger partial charge < -0.3 is 9.47 Å². The molecule has 30 heavy (non-hydrogen) atoms. The van der Waals surface area contributed by atoms with Gasteiger partial charge in [0.1, 0.15) is 11.0 Å². The second-order valence-electron chi connectivity index (χ2n) is 6.80. The quantitative estimate of drug-likeness (QED) is 0.556. The lowest BCUT2D eigenvalue weighted by molar-refractivity contribution is -0.127. The third-order valence-electron chi connectivity index (χ3n) is 4.98. The number of para-hydroxylation sites is 1. The zero-order valence-electron chi connectivity index (χ0n) is 16.9. The summed E-state index contributed by atoms with van der Waals surface area (Å²) in [7, 11) is 3.17. The predicted octanol–water partition coefficient (Wildman–Crippen LogP) is 4.18. The summed E-state index contributed by atoms with van der Waals surface area (Å²) in [6.07, 6.45) is 0. The van der Waals surface area contributed by atoms with Crippen LogP contribution in [0.4, 0.5) is 10.5 Å². The van der Waals surface area contributed by atoms with Gasteiger partial charge in [0.05, 0.1) is 26.5 Å². The lowest BCUT2D eigenvalue weighted by Gasteiger charge is -2.19. The van der Waals surface area contributed by atoms with E-state index in [0.717, 1.165) is 10.6 Å². The highest BCUT2D eigenvalue weighted by atomic mass is 32.1. The average Bonchev–Trinajstić information content (AvgIpc) is 3.33. The summed E-state index contributed by atoms with van der Waals surface area (Å²) in [5.74, 6) is 1.02. The Labute approximate surface area is 178 Å². The number of methoxy groups -OCH3 is 2. The normalized spacial score (nSPS) is 16.3. The summed E-state index contributed by atoms with van der Waals surface area (Å²) in [4.78, 5) is 33.1. The van der Waals surface area contributed by atoms with Crippen LogP contribution in [0.5, 0.6) is 11.5 Å². The van der Waals surface area contributed by atoms with Crippen molar-refractivity contribution in [2.24, 2.45) is 0 Å². The van der Waals surface area contributed by atoms with Gasteiger partial charge >= 0.3 is 6.03 Å². The standard InChI is InChI=1S/C22H21N3O4S/c1-14-21(26)24(22(27)25(14)17-7-5-4-6-8-17)12-16-13-30-20(23-16)15-9-10-18(28-2)19(11-15)29-3/h4-11,13-14H,12H2,1-3H3. The molecule has 4 rings (SSSR count). The molecule has 0 radical (unpaired) electrons. The van der Waals surface area contributed by atoms with Gasteiger partial charge in [-0.3, -0.25) is 14.6 Å². The molecular weight excluding hydrogens is 402 g/mol. The van der Waals surface area contributed by atoms with Crippen LogP contribution in [-0.4, -0.2) is 42.1 Å². The zero-order chi connectivity index (χ0) is 21.3. The summed E-state index contributed by atoms with van der Waals surface area (Å²) in [5.41, 5.74) is 2.24. The number of hydrogen-bond donors (Lipinski definition) is 0.